The molecule has 0 rings (SSSR count). The van der Waals surface area contributed by atoms with E-state index in [0.717, 1.165) is 26.2 Å². The number of likely N-dealkylation sites (N-methyl/N-ethyl adjacent to an activating group) is 1. The Bertz CT molecular complexity index is 143. The van der Waals surface area contributed by atoms with Crippen molar-refractivity contribution in [3.8, 4) is 0 Å². The van der Waals surface area contributed by atoms with Crippen LogP contribution in [0.5, 0.6) is 0 Å². The van der Waals surface area contributed by atoms with Crippen LogP contribution in [0.25, 0.3) is 0 Å². The molecule has 0 aliphatic rings. The van der Waals surface area contributed by atoms with Crippen LogP contribution < -0.4 is 0 Å². The minimum Gasteiger partial charge on any atom is -0.391 e. The summed E-state index contributed by atoms with van der Waals surface area (Å²) >= 11 is 0. The van der Waals surface area contributed by atoms with Gasteiger partial charge in [0.2, 0.25) is 0 Å². The SMILES string of the molecule is CCN(CCOC)CC(O)C(C)(C)C. The van der Waals surface area contributed by atoms with Crippen molar-refractivity contribution >= 4 is 0 Å². The first-order valence-electron chi connectivity index (χ1n) is 5.31. The maximum absolute atomic E-state index is 9.90. The van der Waals surface area contributed by atoms with Gasteiger partial charge in [0.25, 0.3) is 0 Å². The second-order valence-electron chi connectivity index (χ2n) is 4.77. The average molecular weight is 203 g/mol. The van der Waals surface area contributed by atoms with E-state index in [1.165, 1.54) is 0 Å². The Morgan fingerprint density at radius 1 is 1.36 bits per heavy atom. The minimum atomic E-state index is -0.278. The summed E-state index contributed by atoms with van der Waals surface area (Å²) in [7, 11) is 1.70. The highest BCUT2D eigenvalue weighted by Crippen LogP contribution is 2.19. The molecule has 3 nitrogen and oxygen atoms in total. The van der Waals surface area contributed by atoms with Crippen LogP contribution in [0.1, 0.15) is 27.7 Å². The molecule has 0 aliphatic carbocycles. The van der Waals surface area contributed by atoms with Crippen LogP contribution in [0.4, 0.5) is 0 Å². The zero-order valence-corrected chi connectivity index (χ0v) is 10.2. The molecule has 0 bridgehead atoms. The number of nitrogens with zero attached hydrogens (tertiary/aromatic N) is 1. The third kappa shape index (κ3) is 5.58. The van der Waals surface area contributed by atoms with Gasteiger partial charge in [0.1, 0.15) is 0 Å². The van der Waals surface area contributed by atoms with Gasteiger partial charge in [0.05, 0.1) is 12.7 Å². The Labute approximate surface area is 88.1 Å². The molecule has 0 aromatic carbocycles. The van der Waals surface area contributed by atoms with E-state index >= 15 is 0 Å². The van der Waals surface area contributed by atoms with Crippen LogP contribution in [-0.4, -0.2) is 49.5 Å². The molecular weight excluding hydrogens is 178 g/mol. The quantitative estimate of drug-likeness (QED) is 0.707. The number of methoxy groups -OCH3 is 1. The van der Waals surface area contributed by atoms with Gasteiger partial charge in [-0.15, -0.1) is 0 Å². The largest absolute Gasteiger partial charge is 0.391 e. The van der Waals surface area contributed by atoms with Crippen molar-refractivity contribution in [2.24, 2.45) is 5.41 Å². The molecular formula is C11H25NO2. The first-order valence-corrected chi connectivity index (χ1v) is 5.31. The Morgan fingerprint density at radius 3 is 2.29 bits per heavy atom. The molecule has 0 radical (unpaired) electrons. The molecule has 0 spiro atoms. The van der Waals surface area contributed by atoms with Crippen molar-refractivity contribution in [3.63, 3.8) is 0 Å². The predicted molar refractivity (Wildman–Crippen MR) is 59.5 cm³/mol. The van der Waals surface area contributed by atoms with Crippen molar-refractivity contribution in [1.29, 1.82) is 0 Å². The number of rotatable bonds is 6. The van der Waals surface area contributed by atoms with Gasteiger partial charge in [0, 0.05) is 20.2 Å². The van der Waals surface area contributed by atoms with Gasteiger partial charge < -0.3 is 9.84 Å². The zero-order valence-electron chi connectivity index (χ0n) is 10.2. The summed E-state index contributed by atoms with van der Waals surface area (Å²) in [6.45, 7) is 11.6. The van der Waals surface area contributed by atoms with Gasteiger partial charge in [-0.25, -0.2) is 0 Å². The van der Waals surface area contributed by atoms with E-state index in [1.807, 2.05) is 0 Å². The van der Waals surface area contributed by atoms with Crippen LogP contribution in [-0.2, 0) is 4.74 Å². The van der Waals surface area contributed by atoms with Gasteiger partial charge in [-0.2, -0.15) is 0 Å². The molecule has 0 heterocycles. The number of hydrogen-bond acceptors (Lipinski definition) is 3. The molecule has 0 saturated heterocycles. The average Bonchev–Trinajstić information content (AvgIpc) is 2.10. The Hall–Kier alpha value is -0.120. The Kier molecular flexibility index (Phi) is 6.33. The van der Waals surface area contributed by atoms with Crippen molar-refractivity contribution < 1.29 is 9.84 Å². The maximum Gasteiger partial charge on any atom is 0.0715 e. The monoisotopic (exact) mass is 203 g/mol. The highest BCUT2D eigenvalue weighted by Gasteiger charge is 2.23. The third-order valence-corrected chi connectivity index (χ3v) is 2.49. The lowest BCUT2D eigenvalue weighted by molar-refractivity contribution is 0.0232. The topological polar surface area (TPSA) is 32.7 Å². The summed E-state index contributed by atoms with van der Waals surface area (Å²) in [6, 6.07) is 0. The van der Waals surface area contributed by atoms with Crippen molar-refractivity contribution in [2.75, 3.05) is 33.4 Å². The fourth-order valence-electron chi connectivity index (χ4n) is 1.12. The predicted octanol–water partition coefficient (Wildman–Crippen LogP) is 1.36. The molecule has 3 heteroatoms. The Balaban J connectivity index is 3.92. The van der Waals surface area contributed by atoms with Crippen LogP contribution in [0.15, 0.2) is 0 Å². The second-order valence-corrected chi connectivity index (χ2v) is 4.77. The number of aliphatic hydroxyl groups is 1. The first kappa shape index (κ1) is 13.9. The molecule has 86 valence electrons. The molecule has 1 unspecified atom stereocenters. The fourth-order valence-corrected chi connectivity index (χ4v) is 1.12. The standard InChI is InChI=1S/C11H25NO2/c1-6-12(7-8-14-5)9-10(13)11(2,3)4/h10,13H,6-9H2,1-5H3. The normalized spacial score (nSPS) is 14.8. The van der Waals surface area contributed by atoms with Crippen molar-refractivity contribution in [3.05, 3.63) is 0 Å². The smallest absolute Gasteiger partial charge is 0.0715 e. The van der Waals surface area contributed by atoms with Gasteiger partial charge in [0.15, 0.2) is 0 Å². The van der Waals surface area contributed by atoms with E-state index in [1.54, 1.807) is 7.11 Å². The molecule has 1 atom stereocenters. The number of aliphatic hydroxyl groups excluding tert-OH is 1. The molecule has 14 heavy (non-hydrogen) atoms. The molecule has 0 amide bonds. The van der Waals surface area contributed by atoms with E-state index in [4.69, 9.17) is 4.74 Å². The van der Waals surface area contributed by atoms with Crippen LogP contribution in [0.2, 0.25) is 0 Å². The third-order valence-electron chi connectivity index (χ3n) is 2.49. The summed E-state index contributed by atoms with van der Waals surface area (Å²) in [5.74, 6) is 0. The molecule has 0 aromatic rings. The highest BCUT2D eigenvalue weighted by molar-refractivity contribution is 4.75. The molecule has 0 saturated carbocycles. The first-order chi connectivity index (χ1) is 6.41. The van der Waals surface area contributed by atoms with Gasteiger partial charge in [-0.1, -0.05) is 27.7 Å². The lowest BCUT2D eigenvalue weighted by atomic mass is 9.89. The van der Waals surface area contributed by atoms with Crippen LogP contribution >= 0.6 is 0 Å². The molecule has 0 fully saturated rings. The van der Waals surface area contributed by atoms with E-state index in [-0.39, 0.29) is 11.5 Å². The zero-order chi connectivity index (χ0) is 11.2. The van der Waals surface area contributed by atoms with Crippen LogP contribution in [0.3, 0.4) is 0 Å². The van der Waals surface area contributed by atoms with Gasteiger partial charge >= 0.3 is 0 Å². The van der Waals surface area contributed by atoms with Crippen molar-refractivity contribution in [2.45, 2.75) is 33.8 Å². The van der Waals surface area contributed by atoms with E-state index < -0.39 is 0 Å². The molecule has 0 aromatic heterocycles. The lowest BCUT2D eigenvalue weighted by Gasteiger charge is -2.31. The maximum atomic E-state index is 9.90. The van der Waals surface area contributed by atoms with Crippen LogP contribution in [0, 0.1) is 5.41 Å². The van der Waals surface area contributed by atoms with Gasteiger partial charge in [-0.3, -0.25) is 4.90 Å². The van der Waals surface area contributed by atoms with E-state index in [2.05, 4.69) is 32.6 Å². The number of hydrogen-bond donors (Lipinski definition) is 1. The highest BCUT2D eigenvalue weighted by atomic mass is 16.5. The summed E-state index contributed by atoms with van der Waals surface area (Å²) in [5, 5.41) is 9.90. The Morgan fingerprint density at radius 2 is 1.93 bits per heavy atom. The molecule has 1 N–H and O–H groups in total. The second kappa shape index (κ2) is 6.38. The minimum absolute atomic E-state index is 0.0412. The lowest BCUT2D eigenvalue weighted by Crippen LogP contribution is -2.40. The van der Waals surface area contributed by atoms with Gasteiger partial charge in [-0.05, 0) is 12.0 Å². The summed E-state index contributed by atoms with van der Waals surface area (Å²) < 4.78 is 5.02. The fraction of sp³-hybridized carbons (Fsp3) is 1.00. The number of ether oxygens (including phenoxy) is 1. The van der Waals surface area contributed by atoms with E-state index in [9.17, 15) is 5.11 Å². The molecule has 0 aliphatic heterocycles. The van der Waals surface area contributed by atoms with Crippen molar-refractivity contribution in [1.82, 2.24) is 4.90 Å². The summed E-state index contributed by atoms with van der Waals surface area (Å²) in [6.07, 6.45) is -0.278. The summed E-state index contributed by atoms with van der Waals surface area (Å²) in [5.41, 5.74) is -0.0412. The summed E-state index contributed by atoms with van der Waals surface area (Å²) in [4.78, 5) is 2.21. The van der Waals surface area contributed by atoms with E-state index in [0.29, 0.717) is 0 Å².